The van der Waals surface area contributed by atoms with E-state index in [1.807, 2.05) is 37.3 Å². The summed E-state index contributed by atoms with van der Waals surface area (Å²) >= 11 is 12.2. The molecule has 1 atom stereocenters. The molecule has 0 radical (unpaired) electrons. The molecule has 0 aliphatic rings. The molecule has 0 amide bonds. The Morgan fingerprint density at radius 1 is 1.24 bits per heavy atom. The third-order valence-electron chi connectivity index (χ3n) is 2.95. The first-order chi connectivity index (χ1) is 10.1. The van der Waals surface area contributed by atoms with Crippen LogP contribution >= 0.6 is 23.2 Å². The molecule has 21 heavy (non-hydrogen) atoms. The summed E-state index contributed by atoms with van der Waals surface area (Å²) in [6, 6.07) is 14.7. The van der Waals surface area contributed by atoms with Crippen LogP contribution in [0.1, 0.15) is 18.5 Å². The van der Waals surface area contributed by atoms with Gasteiger partial charge in [-0.25, -0.2) is 0 Å². The van der Waals surface area contributed by atoms with E-state index >= 15 is 0 Å². The fraction of sp³-hybridized carbons (Fsp3) is 0.188. The zero-order valence-corrected chi connectivity index (χ0v) is 12.9. The summed E-state index contributed by atoms with van der Waals surface area (Å²) in [7, 11) is 0. The molecule has 3 nitrogen and oxygen atoms in total. The Kier molecular flexibility index (Phi) is 5.32. The maximum atomic E-state index is 8.53. The van der Waals surface area contributed by atoms with Gasteiger partial charge in [0.1, 0.15) is 11.8 Å². The number of halogens is 2. The normalized spacial score (nSPS) is 11.5. The van der Waals surface area contributed by atoms with E-state index < -0.39 is 0 Å². The molecule has 108 valence electrons. The van der Waals surface area contributed by atoms with Crippen molar-refractivity contribution in [1.82, 2.24) is 0 Å². The summed E-state index contributed by atoms with van der Waals surface area (Å²) in [5, 5.41) is 13.2. The monoisotopic (exact) mass is 320 g/mol. The highest BCUT2D eigenvalue weighted by Crippen LogP contribution is 2.29. The number of nitriles is 1. The zero-order valence-electron chi connectivity index (χ0n) is 11.4. The van der Waals surface area contributed by atoms with E-state index in [-0.39, 0.29) is 12.6 Å². The van der Waals surface area contributed by atoms with Crippen LogP contribution in [0.15, 0.2) is 42.5 Å². The molecule has 5 heteroatoms. The van der Waals surface area contributed by atoms with Crippen LogP contribution in [0.2, 0.25) is 10.0 Å². The van der Waals surface area contributed by atoms with Gasteiger partial charge in [0, 0.05) is 21.8 Å². The van der Waals surface area contributed by atoms with Crippen LogP contribution in [0.5, 0.6) is 5.75 Å². The van der Waals surface area contributed by atoms with Gasteiger partial charge in [-0.05, 0) is 42.8 Å². The van der Waals surface area contributed by atoms with Crippen molar-refractivity contribution in [3.05, 3.63) is 58.1 Å². The first-order valence-corrected chi connectivity index (χ1v) is 7.17. The summed E-state index contributed by atoms with van der Waals surface area (Å²) in [6.07, 6.45) is 0. The Morgan fingerprint density at radius 2 is 2.05 bits per heavy atom. The van der Waals surface area contributed by atoms with E-state index in [0.29, 0.717) is 15.8 Å². The summed E-state index contributed by atoms with van der Waals surface area (Å²) in [4.78, 5) is 0. The second kappa shape index (κ2) is 7.21. The van der Waals surface area contributed by atoms with Crippen LogP contribution in [0.3, 0.4) is 0 Å². The van der Waals surface area contributed by atoms with Crippen LogP contribution < -0.4 is 10.1 Å². The van der Waals surface area contributed by atoms with Crippen molar-refractivity contribution in [2.45, 2.75) is 13.0 Å². The first-order valence-electron chi connectivity index (χ1n) is 6.41. The number of nitrogens with one attached hydrogen (secondary N) is 1. The van der Waals surface area contributed by atoms with Gasteiger partial charge in [-0.2, -0.15) is 5.26 Å². The highest BCUT2D eigenvalue weighted by molar-refractivity contribution is 6.33. The van der Waals surface area contributed by atoms with E-state index in [0.717, 1.165) is 11.3 Å². The van der Waals surface area contributed by atoms with Gasteiger partial charge in [0.15, 0.2) is 6.61 Å². The van der Waals surface area contributed by atoms with Crippen LogP contribution in [0.25, 0.3) is 0 Å². The van der Waals surface area contributed by atoms with Crippen molar-refractivity contribution in [3.8, 4) is 11.8 Å². The molecule has 0 bridgehead atoms. The smallest absolute Gasteiger partial charge is 0.174 e. The van der Waals surface area contributed by atoms with Crippen molar-refractivity contribution in [2.24, 2.45) is 0 Å². The Hall–Kier alpha value is -1.89. The predicted molar refractivity (Wildman–Crippen MR) is 86.0 cm³/mol. The van der Waals surface area contributed by atoms with Crippen LogP contribution in [0.4, 0.5) is 5.69 Å². The highest BCUT2D eigenvalue weighted by Gasteiger charge is 2.10. The minimum Gasteiger partial charge on any atom is -0.479 e. The van der Waals surface area contributed by atoms with Gasteiger partial charge in [-0.3, -0.25) is 0 Å². The maximum absolute atomic E-state index is 8.53. The van der Waals surface area contributed by atoms with Gasteiger partial charge in [0.05, 0.1) is 6.04 Å². The third kappa shape index (κ3) is 4.29. The van der Waals surface area contributed by atoms with Crippen molar-refractivity contribution < 1.29 is 4.74 Å². The molecule has 0 spiro atoms. The summed E-state index contributed by atoms with van der Waals surface area (Å²) in [5.74, 6) is 0.644. The molecule has 1 unspecified atom stereocenters. The van der Waals surface area contributed by atoms with Crippen LogP contribution in [-0.2, 0) is 0 Å². The molecule has 2 rings (SSSR count). The van der Waals surface area contributed by atoms with Crippen LogP contribution in [0, 0.1) is 11.3 Å². The number of benzene rings is 2. The molecule has 1 N–H and O–H groups in total. The van der Waals surface area contributed by atoms with E-state index in [1.165, 1.54) is 0 Å². The van der Waals surface area contributed by atoms with E-state index in [4.69, 9.17) is 33.2 Å². The van der Waals surface area contributed by atoms with E-state index in [2.05, 4.69) is 5.32 Å². The van der Waals surface area contributed by atoms with Crippen molar-refractivity contribution >= 4 is 28.9 Å². The summed E-state index contributed by atoms with van der Waals surface area (Å²) in [6.45, 7) is 2.03. The van der Waals surface area contributed by atoms with Gasteiger partial charge < -0.3 is 10.1 Å². The Bertz CT molecular complexity index is 668. The van der Waals surface area contributed by atoms with Crippen molar-refractivity contribution in [3.63, 3.8) is 0 Å². The number of ether oxygens (including phenoxy) is 1. The lowest BCUT2D eigenvalue weighted by molar-refractivity contribution is 0.368. The highest BCUT2D eigenvalue weighted by atomic mass is 35.5. The Labute approximate surface area is 134 Å². The molecular formula is C16H14Cl2N2O. The minimum atomic E-state index is -0.0117. The van der Waals surface area contributed by atoms with E-state index in [9.17, 15) is 0 Å². The molecular weight excluding hydrogens is 307 g/mol. The number of rotatable bonds is 5. The number of hydrogen-bond donors (Lipinski definition) is 1. The molecule has 2 aromatic carbocycles. The van der Waals surface area contributed by atoms with Gasteiger partial charge in [0.25, 0.3) is 0 Å². The quantitative estimate of drug-likeness (QED) is 0.836. The largest absolute Gasteiger partial charge is 0.479 e. The van der Waals surface area contributed by atoms with Crippen molar-refractivity contribution in [2.75, 3.05) is 11.9 Å². The van der Waals surface area contributed by atoms with E-state index in [1.54, 1.807) is 18.2 Å². The van der Waals surface area contributed by atoms with Crippen LogP contribution in [-0.4, -0.2) is 6.61 Å². The lowest BCUT2D eigenvalue weighted by atomic mass is 10.1. The molecule has 2 aromatic rings. The van der Waals surface area contributed by atoms with Gasteiger partial charge in [-0.15, -0.1) is 0 Å². The Balaban J connectivity index is 2.14. The summed E-state index contributed by atoms with van der Waals surface area (Å²) < 4.78 is 5.28. The molecule has 0 aliphatic heterocycles. The fourth-order valence-electron chi connectivity index (χ4n) is 1.97. The average Bonchev–Trinajstić information content (AvgIpc) is 2.48. The molecule has 0 saturated carbocycles. The fourth-order valence-corrected chi connectivity index (χ4v) is 2.43. The summed E-state index contributed by atoms with van der Waals surface area (Å²) in [5.41, 5.74) is 1.81. The number of anilines is 1. The van der Waals surface area contributed by atoms with Gasteiger partial charge in [0.2, 0.25) is 0 Å². The zero-order chi connectivity index (χ0) is 15.2. The molecule has 0 saturated heterocycles. The lowest BCUT2D eigenvalue weighted by Gasteiger charge is -2.18. The van der Waals surface area contributed by atoms with Crippen molar-refractivity contribution in [1.29, 1.82) is 5.26 Å². The topological polar surface area (TPSA) is 45.0 Å². The minimum absolute atomic E-state index is 0.0117. The third-order valence-corrected chi connectivity index (χ3v) is 3.52. The number of nitrogens with zero attached hydrogens (tertiary/aromatic N) is 1. The lowest BCUT2D eigenvalue weighted by Crippen LogP contribution is -2.07. The van der Waals surface area contributed by atoms with Gasteiger partial charge in [-0.1, -0.05) is 29.3 Å². The Morgan fingerprint density at radius 3 is 2.81 bits per heavy atom. The average molecular weight is 321 g/mol. The second-order valence-electron chi connectivity index (χ2n) is 4.51. The maximum Gasteiger partial charge on any atom is 0.174 e. The predicted octanol–water partition coefficient (Wildman–Crippen LogP) is 5.07. The second-order valence-corrected chi connectivity index (χ2v) is 5.35. The first kappa shape index (κ1) is 15.5. The van der Waals surface area contributed by atoms with Gasteiger partial charge >= 0.3 is 0 Å². The standard InChI is InChI=1S/C16H14Cl2N2O/c1-11(15-9-12(17)5-6-16(15)18)20-13-3-2-4-14(10-13)21-8-7-19/h2-6,9-11,20H,8H2,1H3. The molecule has 0 aromatic heterocycles. The molecule has 0 aliphatic carbocycles. The molecule has 0 heterocycles. The molecule has 0 fully saturated rings. The number of hydrogen-bond acceptors (Lipinski definition) is 3. The SMILES string of the molecule is CC(Nc1cccc(OCC#N)c1)c1cc(Cl)ccc1Cl.